The third-order valence-corrected chi connectivity index (χ3v) is 4.64. The summed E-state index contributed by atoms with van der Waals surface area (Å²) < 4.78 is 5.39. The van der Waals surface area contributed by atoms with E-state index in [1.807, 2.05) is 24.3 Å². The van der Waals surface area contributed by atoms with Crippen LogP contribution in [0.2, 0.25) is 0 Å². The molecule has 2 amide bonds. The van der Waals surface area contributed by atoms with Crippen molar-refractivity contribution in [2.75, 3.05) is 4.90 Å². The summed E-state index contributed by atoms with van der Waals surface area (Å²) in [5, 5.41) is 0. The van der Waals surface area contributed by atoms with E-state index in [4.69, 9.17) is 10.2 Å². The van der Waals surface area contributed by atoms with Crippen LogP contribution in [0.25, 0.3) is 22.7 Å². The van der Waals surface area contributed by atoms with Gasteiger partial charge in [-0.1, -0.05) is 12.8 Å². The molecular weight excluding hydrogens is 330 g/mol. The van der Waals surface area contributed by atoms with E-state index >= 15 is 0 Å². The van der Waals surface area contributed by atoms with Gasteiger partial charge < -0.3 is 10.2 Å². The molecule has 1 fully saturated rings. The second-order valence-electron chi connectivity index (χ2n) is 6.31. The molecule has 26 heavy (non-hydrogen) atoms. The zero-order valence-corrected chi connectivity index (χ0v) is 14.2. The minimum absolute atomic E-state index is 0.110. The third kappa shape index (κ3) is 3.15. The van der Waals surface area contributed by atoms with Crippen LogP contribution in [0.4, 0.5) is 10.6 Å². The van der Waals surface area contributed by atoms with E-state index in [1.165, 1.54) is 0 Å². The maximum atomic E-state index is 11.9. The van der Waals surface area contributed by atoms with Crippen molar-refractivity contribution in [3.05, 3.63) is 49.1 Å². The lowest BCUT2D eigenvalue weighted by atomic mass is 10.1. The van der Waals surface area contributed by atoms with Crippen LogP contribution in [0.15, 0.2) is 53.5 Å². The first-order valence-electron chi connectivity index (χ1n) is 8.63. The van der Waals surface area contributed by atoms with Gasteiger partial charge in [-0.25, -0.2) is 9.78 Å². The standard InChI is InChI=1S/C19H19N5O2/c20-19(25)24(14-4-1-2-5-14)18-12-22-16(11-23-18)13-7-8-21-15(10-13)17-6-3-9-26-17/h3,6-12,14H,1-2,4-5H2,(H2,20,25). The lowest BCUT2D eigenvalue weighted by molar-refractivity contribution is 0.251. The van der Waals surface area contributed by atoms with E-state index in [2.05, 4.69) is 15.0 Å². The van der Waals surface area contributed by atoms with Gasteiger partial charge in [-0.3, -0.25) is 14.9 Å². The molecule has 1 saturated carbocycles. The number of furan rings is 1. The number of anilines is 1. The van der Waals surface area contributed by atoms with Gasteiger partial charge in [0.1, 0.15) is 5.69 Å². The highest BCUT2D eigenvalue weighted by Gasteiger charge is 2.27. The van der Waals surface area contributed by atoms with E-state index in [-0.39, 0.29) is 6.04 Å². The summed E-state index contributed by atoms with van der Waals surface area (Å²) in [6.07, 6.45) is 10.7. The highest BCUT2D eigenvalue weighted by Crippen LogP contribution is 2.28. The number of amides is 2. The number of aromatic nitrogens is 3. The van der Waals surface area contributed by atoms with E-state index in [0.29, 0.717) is 17.3 Å². The number of hydrogen-bond acceptors (Lipinski definition) is 5. The fraction of sp³-hybridized carbons (Fsp3) is 0.263. The Bertz CT molecular complexity index is 887. The van der Waals surface area contributed by atoms with Gasteiger partial charge in [-0.2, -0.15) is 0 Å². The number of nitrogens with zero attached hydrogens (tertiary/aromatic N) is 4. The zero-order valence-electron chi connectivity index (χ0n) is 14.2. The lowest BCUT2D eigenvalue weighted by Gasteiger charge is -2.25. The largest absolute Gasteiger partial charge is 0.463 e. The van der Waals surface area contributed by atoms with E-state index < -0.39 is 6.03 Å². The van der Waals surface area contributed by atoms with Gasteiger partial charge in [0.05, 0.1) is 24.4 Å². The Kier molecular flexibility index (Phi) is 4.35. The first-order chi connectivity index (χ1) is 12.7. The Hall–Kier alpha value is -3.22. The van der Waals surface area contributed by atoms with Crippen molar-refractivity contribution in [2.24, 2.45) is 5.73 Å². The number of carbonyl (C=O) groups is 1. The van der Waals surface area contributed by atoms with Crippen LogP contribution in [0.1, 0.15) is 25.7 Å². The number of nitrogens with two attached hydrogens (primary N) is 1. The van der Waals surface area contributed by atoms with Gasteiger partial charge in [-0.15, -0.1) is 0 Å². The van der Waals surface area contributed by atoms with Gasteiger partial charge in [0.25, 0.3) is 0 Å². The second kappa shape index (κ2) is 6.95. The van der Waals surface area contributed by atoms with E-state index in [0.717, 1.165) is 36.9 Å². The maximum Gasteiger partial charge on any atom is 0.320 e. The number of carbonyl (C=O) groups excluding carboxylic acids is 1. The number of urea groups is 1. The Morgan fingerprint density at radius 3 is 2.62 bits per heavy atom. The highest BCUT2D eigenvalue weighted by atomic mass is 16.3. The predicted octanol–water partition coefficient (Wildman–Crippen LogP) is 3.63. The molecular formula is C19H19N5O2. The molecule has 7 heteroatoms. The van der Waals surface area contributed by atoms with Gasteiger partial charge in [0.2, 0.25) is 0 Å². The van der Waals surface area contributed by atoms with E-state index in [9.17, 15) is 4.79 Å². The van der Waals surface area contributed by atoms with Gasteiger partial charge in [0, 0.05) is 17.8 Å². The van der Waals surface area contributed by atoms with Gasteiger partial charge in [-0.05, 0) is 37.1 Å². The van der Waals surface area contributed by atoms with Crippen LogP contribution in [-0.2, 0) is 0 Å². The molecule has 7 nitrogen and oxygen atoms in total. The molecule has 3 heterocycles. The van der Waals surface area contributed by atoms with Crippen LogP contribution >= 0.6 is 0 Å². The van der Waals surface area contributed by atoms with Gasteiger partial charge >= 0.3 is 6.03 Å². The van der Waals surface area contributed by atoms with Crippen LogP contribution < -0.4 is 10.6 Å². The van der Waals surface area contributed by atoms with Crippen LogP contribution in [-0.4, -0.2) is 27.0 Å². The Morgan fingerprint density at radius 1 is 1.12 bits per heavy atom. The molecule has 1 aliphatic carbocycles. The summed E-state index contributed by atoms with van der Waals surface area (Å²) in [7, 11) is 0. The molecule has 0 aromatic carbocycles. The highest BCUT2D eigenvalue weighted by molar-refractivity contribution is 5.90. The number of pyridine rings is 1. The summed E-state index contributed by atoms with van der Waals surface area (Å²) in [5.41, 5.74) is 7.86. The molecule has 0 saturated heterocycles. The molecule has 0 spiro atoms. The van der Waals surface area contributed by atoms with Crippen molar-refractivity contribution in [3.63, 3.8) is 0 Å². The first-order valence-corrected chi connectivity index (χ1v) is 8.63. The van der Waals surface area contributed by atoms with Crippen molar-refractivity contribution in [3.8, 4) is 22.7 Å². The monoisotopic (exact) mass is 349 g/mol. The zero-order chi connectivity index (χ0) is 17.9. The maximum absolute atomic E-state index is 11.9. The molecule has 3 aromatic heterocycles. The summed E-state index contributed by atoms with van der Waals surface area (Å²) in [5.74, 6) is 1.19. The predicted molar refractivity (Wildman–Crippen MR) is 97.3 cm³/mol. The van der Waals surface area contributed by atoms with Crippen molar-refractivity contribution in [2.45, 2.75) is 31.7 Å². The SMILES string of the molecule is NC(=O)N(c1cnc(-c2ccnc(-c3ccco3)c2)cn1)C1CCCC1. The number of hydrogen-bond donors (Lipinski definition) is 1. The molecule has 0 bridgehead atoms. The number of primary amides is 1. The van der Waals surface area contributed by atoms with Crippen LogP contribution in [0.5, 0.6) is 0 Å². The normalized spacial score (nSPS) is 14.5. The molecule has 132 valence electrons. The molecule has 0 aliphatic heterocycles. The van der Waals surface area contributed by atoms with Gasteiger partial charge in [0.15, 0.2) is 11.6 Å². The molecule has 0 unspecified atom stereocenters. The molecule has 0 atom stereocenters. The summed E-state index contributed by atoms with van der Waals surface area (Å²) in [6.45, 7) is 0. The minimum Gasteiger partial charge on any atom is -0.463 e. The number of rotatable bonds is 4. The molecule has 0 radical (unpaired) electrons. The fourth-order valence-electron chi connectivity index (χ4n) is 3.39. The summed E-state index contributed by atoms with van der Waals surface area (Å²) in [6, 6.07) is 7.05. The average Bonchev–Trinajstić information content (AvgIpc) is 3.37. The van der Waals surface area contributed by atoms with Crippen molar-refractivity contribution in [1.29, 1.82) is 0 Å². The Balaban J connectivity index is 1.61. The van der Waals surface area contributed by atoms with Crippen LogP contribution in [0.3, 0.4) is 0 Å². The molecule has 4 rings (SSSR count). The van der Waals surface area contributed by atoms with E-state index in [1.54, 1.807) is 29.8 Å². The van der Waals surface area contributed by atoms with Crippen LogP contribution in [0, 0.1) is 0 Å². The fourth-order valence-corrected chi connectivity index (χ4v) is 3.39. The molecule has 3 aromatic rings. The van der Waals surface area contributed by atoms with Crippen molar-refractivity contribution >= 4 is 11.8 Å². The Morgan fingerprint density at radius 2 is 1.96 bits per heavy atom. The quantitative estimate of drug-likeness (QED) is 0.775. The second-order valence-corrected chi connectivity index (χ2v) is 6.31. The summed E-state index contributed by atoms with van der Waals surface area (Å²) in [4.78, 5) is 26.7. The molecule has 2 N–H and O–H groups in total. The topological polar surface area (TPSA) is 98.1 Å². The minimum atomic E-state index is -0.483. The third-order valence-electron chi connectivity index (χ3n) is 4.64. The van der Waals surface area contributed by atoms with Crippen molar-refractivity contribution < 1.29 is 9.21 Å². The molecule has 1 aliphatic rings. The smallest absolute Gasteiger partial charge is 0.320 e. The Labute approximate surface area is 150 Å². The average molecular weight is 349 g/mol. The first kappa shape index (κ1) is 16.3. The lowest BCUT2D eigenvalue weighted by Crippen LogP contribution is -2.43. The summed E-state index contributed by atoms with van der Waals surface area (Å²) >= 11 is 0. The van der Waals surface area contributed by atoms with Crippen molar-refractivity contribution in [1.82, 2.24) is 15.0 Å².